The van der Waals surface area contributed by atoms with E-state index in [4.69, 9.17) is 4.99 Å². The van der Waals surface area contributed by atoms with Crippen molar-refractivity contribution >= 4 is 17.2 Å². The Kier molecular flexibility index (Phi) is 11.8. The number of nitrogens with zero attached hydrogens (tertiary/aromatic N) is 3. The highest BCUT2D eigenvalue weighted by Gasteiger charge is 2.28. The van der Waals surface area contributed by atoms with Crippen LogP contribution in [0.1, 0.15) is 74.2 Å². The lowest BCUT2D eigenvalue weighted by Crippen LogP contribution is -2.39. The molecule has 0 saturated heterocycles. The topological polar surface area (TPSA) is 75.2 Å². The van der Waals surface area contributed by atoms with E-state index in [0.717, 1.165) is 53.8 Å². The number of hydrogen-bond acceptors (Lipinski definition) is 6. The third-order valence-electron chi connectivity index (χ3n) is 7.24. The molecule has 0 heterocycles. The lowest BCUT2D eigenvalue weighted by molar-refractivity contribution is 0.132. The van der Waals surface area contributed by atoms with Crippen LogP contribution in [0.4, 0.5) is 11.4 Å². The second-order valence-electron chi connectivity index (χ2n) is 10.7. The summed E-state index contributed by atoms with van der Waals surface area (Å²) in [6.45, 7) is 17.0. The zero-order valence-corrected chi connectivity index (χ0v) is 25.4. The Labute approximate surface area is 233 Å². The number of aliphatic hydroxyl groups is 1. The van der Waals surface area contributed by atoms with Crippen LogP contribution in [-0.4, -0.2) is 62.3 Å². The van der Waals surface area contributed by atoms with Gasteiger partial charge in [0.05, 0.1) is 17.1 Å². The maximum Gasteiger partial charge on any atom is 0.160 e. The highest BCUT2D eigenvalue weighted by molar-refractivity contribution is 5.81. The number of nitrogens with one attached hydrogen (secondary N) is 3. The molecule has 1 unspecified atom stereocenters. The summed E-state index contributed by atoms with van der Waals surface area (Å²) in [6, 6.07) is 6.48. The van der Waals surface area contributed by atoms with Crippen LogP contribution in [0, 0.1) is 5.92 Å². The molecule has 2 rings (SSSR count). The molecule has 1 aromatic rings. The van der Waals surface area contributed by atoms with Gasteiger partial charge < -0.3 is 30.9 Å². The maximum atomic E-state index is 11.5. The van der Waals surface area contributed by atoms with Crippen LogP contribution in [0.15, 0.2) is 58.5 Å². The van der Waals surface area contributed by atoms with Crippen LogP contribution >= 0.6 is 0 Å². The number of amidine groups is 1. The average Bonchev–Trinajstić information content (AvgIpc) is 3.72. The molecule has 0 aromatic heterocycles. The summed E-state index contributed by atoms with van der Waals surface area (Å²) in [5.41, 5.74) is 4.84. The third-order valence-corrected chi connectivity index (χ3v) is 7.24. The van der Waals surface area contributed by atoms with Gasteiger partial charge in [-0.2, -0.15) is 0 Å². The smallest absolute Gasteiger partial charge is 0.160 e. The summed E-state index contributed by atoms with van der Waals surface area (Å²) in [5.74, 6) is 2.05. The molecule has 1 aliphatic carbocycles. The minimum absolute atomic E-state index is 0. The van der Waals surface area contributed by atoms with Crippen molar-refractivity contribution in [3.63, 3.8) is 0 Å². The normalized spacial score (nSPS) is 16.8. The molecule has 7 nitrogen and oxygen atoms in total. The van der Waals surface area contributed by atoms with Gasteiger partial charge in [0, 0.05) is 65.6 Å². The lowest BCUT2D eigenvalue weighted by Gasteiger charge is -2.33. The molecule has 1 aromatic carbocycles. The fourth-order valence-electron chi connectivity index (χ4n) is 4.58. The third kappa shape index (κ3) is 8.55. The van der Waals surface area contributed by atoms with E-state index in [9.17, 15) is 5.11 Å². The van der Waals surface area contributed by atoms with Crippen molar-refractivity contribution in [3.8, 4) is 0 Å². The minimum atomic E-state index is -1.26. The summed E-state index contributed by atoms with van der Waals surface area (Å²) in [7, 11) is 5.93. The van der Waals surface area contributed by atoms with Gasteiger partial charge in [-0.05, 0) is 71.1 Å². The number of benzene rings is 1. The average molecular weight is 527 g/mol. The molecule has 214 valence electrons. The molecule has 1 fully saturated rings. The number of likely N-dealkylation sites (N-methyl/N-ethyl adjacent to an activating group) is 2. The van der Waals surface area contributed by atoms with E-state index in [1.807, 2.05) is 46.3 Å². The van der Waals surface area contributed by atoms with Gasteiger partial charge in [-0.3, -0.25) is 0 Å². The van der Waals surface area contributed by atoms with Crippen LogP contribution < -0.4 is 20.9 Å². The predicted molar refractivity (Wildman–Crippen MR) is 167 cm³/mol. The molecular formula is C31H54N6O. The molecule has 0 aliphatic heterocycles. The molecule has 1 atom stereocenters. The Morgan fingerprint density at radius 1 is 1.24 bits per heavy atom. The molecule has 0 amide bonds. The molecule has 1 saturated carbocycles. The second-order valence-corrected chi connectivity index (χ2v) is 10.7. The first-order valence-electron chi connectivity index (χ1n) is 14.0. The van der Waals surface area contributed by atoms with Crippen molar-refractivity contribution in [2.45, 2.75) is 73.0 Å². The SMILES string of the molecule is C/C=C\C(=C(\C)NC)C(C)(O)Nc1ccc(C(C)C)cc1N(C)CCN(CC)C(C)=N/C(=C\NC)C1CC1.[HH]. The molecule has 4 N–H and O–H groups in total. The highest BCUT2D eigenvalue weighted by atomic mass is 16.3. The molecule has 0 spiro atoms. The summed E-state index contributed by atoms with van der Waals surface area (Å²) >= 11 is 0. The van der Waals surface area contributed by atoms with E-state index in [1.165, 1.54) is 18.4 Å². The fourth-order valence-corrected chi connectivity index (χ4v) is 4.58. The molecule has 7 heteroatoms. The van der Waals surface area contributed by atoms with E-state index in [0.29, 0.717) is 11.8 Å². The molecular weight excluding hydrogens is 472 g/mol. The first kappa shape index (κ1) is 31.3. The van der Waals surface area contributed by atoms with E-state index < -0.39 is 5.72 Å². The molecule has 0 bridgehead atoms. The first-order valence-corrected chi connectivity index (χ1v) is 14.0. The van der Waals surface area contributed by atoms with Crippen molar-refractivity contribution in [3.05, 3.63) is 59.1 Å². The molecule has 0 radical (unpaired) electrons. The first-order chi connectivity index (χ1) is 18.0. The number of anilines is 2. The number of allylic oxidation sites excluding steroid dienone is 3. The summed E-state index contributed by atoms with van der Waals surface area (Å²) < 4.78 is 0. The van der Waals surface area contributed by atoms with Gasteiger partial charge in [0.25, 0.3) is 0 Å². The van der Waals surface area contributed by atoms with E-state index in [2.05, 4.69) is 78.7 Å². The number of rotatable bonds is 14. The van der Waals surface area contributed by atoms with Gasteiger partial charge in [-0.15, -0.1) is 0 Å². The van der Waals surface area contributed by atoms with Crippen molar-refractivity contribution in [1.29, 1.82) is 0 Å². The quantitative estimate of drug-likeness (QED) is 0.105. The summed E-state index contributed by atoms with van der Waals surface area (Å²) in [6.07, 6.45) is 8.39. The lowest BCUT2D eigenvalue weighted by atomic mass is 9.99. The summed E-state index contributed by atoms with van der Waals surface area (Å²) in [4.78, 5) is 9.58. The van der Waals surface area contributed by atoms with Crippen molar-refractivity contribution in [2.24, 2.45) is 10.9 Å². The Balaban J connectivity index is 0.00000760. The number of hydrogen-bond donors (Lipinski definition) is 4. The Morgan fingerprint density at radius 3 is 2.45 bits per heavy atom. The zero-order valence-electron chi connectivity index (χ0n) is 25.4. The summed E-state index contributed by atoms with van der Waals surface area (Å²) in [5, 5.41) is 21.3. The largest absolute Gasteiger partial charge is 0.393 e. The minimum Gasteiger partial charge on any atom is -0.393 e. The van der Waals surface area contributed by atoms with E-state index in [-0.39, 0.29) is 1.43 Å². The van der Waals surface area contributed by atoms with Gasteiger partial charge in [0.1, 0.15) is 5.84 Å². The highest BCUT2D eigenvalue weighted by Crippen LogP contribution is 2.37. The van der Waals surface area contributed by atoms with Crippen LogP contribution in [0.25, 0.3) is 0 Å². The van der Waals surface area contributed by atoms with Gasteiger partial charge >= 0.3 is 0 Å². The Hall–Kier alpha value is -2.93. The fraction of sp³-hybridized carbons (Fsp3) is 0.581. The molecule has 38 heavy (non-hydrogen) atoms. The maximum absolute atomic E-state index is 11.5. The van der Waals surface area contributed by atoms with E-state index in [1.54, 1.807) is 6.92 Å². The van der Waals surface area contributed by atoms with Crippen LogP contribution in [0.5, 0.6) is 0 Å². The second kappa shape index (κ2) is 14.3. The van der Waals surface area contributed by atoms with Crippen molar-refractivity contribution < 1.29 is 6.53 Å². The molecule has 1 aliphatic rings. The van der Waals surface area contributed by atoms with Crippen LogP contribution in [0.2, 0.25) is 0 Å². The van der Waals surface area contributed by atoms with Gasteiger partial charge in [0.15, 0.2) is 5.72 Å². The Bertz CT molecular complexity index is 1040. The van der Waals surface area contributed by atoms with Crippen molar-refractivity contribution in [2.75, 3.05) is 51.0 Å². The zero-order chi connectivity index (χ0) is 28.5. The standard InChI is InChI=1S/C31H52N6O.H2/c1-11-13-27(23(5)33-9)31(7,38)35-28-17-16-26(22(3)4)20-30(28)36(10)18-19-37(12-2)24(6)34-29(21-32-8)25-14-15-25;/h11,13,16-17,20-22,25,32-33,35,38H,12,14-15,18-19H2,1-10H3;1H/b13-11-,27-23+,29-21-,34-24?;. The van der Waals surface area contributed by atoms with Gasteiger partial charge in [0.2, 0.25) is 0 Å². The van der Waals surface area contributed by atoms with Gasteiger partial charge in [-0.1, -0.05) is 32.1 Å². The van der Waals surface area contributed by atoms with Crippen LogP contribution in [-0.2, 0) is 0 Å². The predicted octanol–water partition coefficient (Wildman–Crippen LogP) is 5.89. The number of aliphatic imine (C=N–C) groups is 1. The van der Waals surface area contributed by atoms with Crippen LogP contribution in [0.3, 0.4) is 0 Å². The monoisotopic (exact) mass is 526 g/mol. The van der Waals surface area contributed by atoms with Crippen molar-refractivity contribution in [1.82, 2.24) is 15.5 Å². The van der Waals surface area contributed by atoms with Gasteiger partial charge in [-0.25, -0.2) is 4.99 Å². The Morgan fingerprint density at radius 2 is 1.92 bits per heavy atom. The van der Waals surface area contributed by atoms with E-state index >= 15 is 0 Å².